The minimum atomic E-state index is -0.700. The molecule has 0 radical (unpaired) electrons. The zero-order chi connectivity index (χ0) is 25.9. The number of amides is 1. The number of Topliss-reactive ketones (excluding diaryl/α,β-unsaturated/α-hetero) is 1. The van der Waals surface area contributed by atoms with Crippen LogP contribution in [-0.2, 0) is 14.3 Å². The molecule has 7 nitrogen and oxygen atoms in total. The number of methoxy groups -OCH3 is 1. The molecule has 1 N–H and O–H groups in total. The molecule has 2 aliphatic rings. The van der Waals surface area contributed by atoms with E-state index in [2.05, 4.69) is 4.90 Å². The van der Waals surface area contributed by atoms with Gasteiger partial charge in [0.1, 0.15) is 11.5 Å². The predicted molar refractivity (Wildman–Crippen MR) is 143 cm³/mol. The lowest BCUT2D eigenvalue weighted by molar-refractivity contribution is -0.140. The van der Waals surface area contributed by atoms with Crippen molar-refractivity contribution in [3.8, 4) is 5.75 Å². The van der Waals surface area contributed by atoms with Crippen molar-refractivity contribution in [1.29, 1.82) is 0 Å². The minimum Gasteiger partial charge on any atom is -0.507 e. The molecule has 37 heavy (non-hydrogen) atoms. The Morgan fingerprint density at radius 2 is 1.70 bits per heavy atom. The molecule has 2 heterocycles. The van der Waals surface area contributed by atoms with Gasteiger partial charge in [-0.1, -0.05) is 41.9 Å². The second-order valence-corrected chi connectivity index (χ2v) is 9.72. The Morgan fingerprint density at radius 3 is 2.43 bits per heavy atom. The fraction of sp³-hybridized carbons (Fsp3) is 0.310. The van der Waals surface area contributed by atoms with E-state index >= 15 is 0 Å². The molecule has 0 bridgehead atoms. The van der Waals surface area contributed by atoms with Crippen LogP contribution in [0.15, 0.2) is 66.2 Å². The Bertz CT molecular complexity index is 1350. The Hall–Kier alpha value is -3.39. The summed E-state index contributed by atoms with van der Waals surface area (Å²) in [4.78, 5) is 30.4. The number of morpholine rings is 1. The number of rotatable bonds is 7. The van der Waals surface area contributed by atoms with Crippen LogP contribution in [0.5, 0.6) is 5.75 Å². The highest BCUT2D eigenvalue weighted by molar-refractivity contribution is 6.46. The number of carbonyl (C=O) groups is 2. The van der Waals surface area contributed by atoms with Crippen LogP contribution in [0.1, 0.15) is 23.6 Å². The lowest BCUT2D eigenvalue weighted by Gasteiger charge is -2.29. The van der Waals surface area contributed by atoms with Crippen LogP contribution in [-0.4, -0.2) is 73.1 Å². The first-order valence-electron chi connectivity index (χ1n) is 12.4. The highest BCUT2D eigenvalue weighted by atomic mass is 35.5. The Balaban J connectivity index is 1.50. The first kappa shape index (κ1) is 25.3. The van der Waals surface area contributed by atoms with E-state index in [-0.39, 0.29) is 11.3 Å². The fourth-order valence-corrected chi connectivity index (χ4v) is 5.17. The minimum absolute atomic E-state index is 0.0894. The molecule has 0 aliphatic carbocycles. The average Bonchev–Trinajstić information content (AvgIpc) is 3.18. The monoisotopic (exact) mass is 520 g/mol. The molecule has 5 rings (SSSR count). The van der Waals surface area contributed by atoms with Crippen LogP contribution in [0.3, 0.4) is 0 Å². The number of fused-ring (bicyclic) bond motifs is 1. The third-order valence-electron chi connectivity index (χ3n) is 7.02. The lowest BCUT2D eigenvalue weighted by Crippen LogP contribution is -2.38. The quantitative estimate of drug-likeness (QED) is 0.278. The van der Waals surface area contributed by atoms with Gasteiger partial charge in [-0.3, -0.25) is 14.5 Å². The number of carbonyl (C=O) groups excluding carboxylic acids is 2. The maximum atomic E-state index is 13.3. The normalized spacial score (nSPS) is 20.1. The highest BCUT2D eigenvalue weighted by Crippen LogP contribution is 2.40. The standard InChI is InChI=1S/C29H29ClN2O5/c1-36-24-10-7-20-17-22(4-3-21(20)18-24)27(33)25-26(19-5-8-23(30)9-6-19)32(29(35)28(25)34)12-2-11-31-13-15-37-16-14-31/h3-10,17-18,26,33H,2,11-16H2,1H3/b27-25+. The zero-order valence-corrected chi connectivity index (χ0v) is 21.4. The SMILES string of the molecule is COc1ccc2cc(/C(O)=C3\C(=O)C(=O)N(CCCN4CCOCC4)C3c3ccc(Cl)cc3)ccc2c1. The van der Waals surface area contributed by atoms with Gasteiger partial charge in [0.25, 0.3) is 11.7 Å². The van der Waals surface area contributed by atoms with Crippen molar-refractivity contribution in [3.05, 3.63) is 82.4 Å². The number of benzene rings is 3. The molecular formula is C29H29ClN2O5. The maximum absolute atomic E-state index is 13.3. The van der Waals surface area contributed by atoms with E-state index < -0.39 is 17.7 Å². The van der Waals surface area contributed by atoms with Crippen molar-refractivity contribution in [2.75, 3.05) is 46.5 Å². The number of likely N-dealkylation sites (tertiary alicyclic amines) is 1. The third-order valence-corrected chi connectivity index (χ3v) is 7.28. The molecule has 3 aromatic carbocycles. The molecule has 2 fully saturated rings. The predicted octanol–water partition coefficient (Wildman–Crippen LogP) is 4.65. The smallest absolute Gasteiger partial charge is 0.295 e. The summed E-state index contributed by atoms with van der Waals surface area (Å²) in [5.41, 5.74) is 1.29. The topological polar surface area (TPSA) is 79.3 Å². The van der Waals surface area contributed by atoms with Gasteiger partial charge in [-0.2, -0.15) is 0 Å². The third kappa shape index (κ3) is 5.21. The van der Waals surface area contributed by atoms with Crippen LogP contribution in [0.4, 0.5) is 0 Å². The number of nitrogens with zero attached hydrogens (tertiary/aromatic N) is 2. The number of hydrogen-bond donors (Lipinski definition) is 1. The van der Waals surface area contributed by atoms with Crippen molar-refractivity contribution < 1.29 is 24.2 Å². The summed E-state index contributed by atoms with van der Waals surface area (Å²) in [6.45, 7) is 4.31. The lowest BCUT2D eigenvalue weighted by atomic mass is 9.94. The van der Waals surface area contributed by atoms with Gasteiger partial charge in [-0.15, -0.1) is 0 Å². The second-order valence-electron chi connectivity index (χ2n) is 9.28. The number of ketones is 1. The Kier molecular flexibility index (Phi) is 7.46. The molecule has 0 aromatic heterocycles. The summed E-state index contributed by atoms with van der Waals surface area (Å²) in [5.74, 6) is -0.741. The van der Waals surface area contributed by atoms with Gasteiger partial charge in [0, 0.05) is 36.8 Å². The summed E-state index contributed by atoms with van der Waals surface area (Å²) in [5, 5.41) is 13.8. The van der Waals surface area contributed by atoms with E-state index in [0.717, 1.165) is 41.7 Å². The van der Waals surface area contributed by atoms with Gasteiger partial charge < -0.3 is 19.5 Å². The fourth-order valence-electron chi connectivity index (χ4n) is 5.05. The largest absolute Gasteiger partial charge is 0.507 e. The van der Waals surface area contributed by atoms with Gasteiger partial charge in [-0.05, 0) is 53.1 Å². The van der Waals surface area contributed by atoms with Crippen molar-refractivity contribution >= 4 is 39.8 Å². The Morgan fingerprint density at radius 1 is 1.00 bits per heavy atom. The van der Waals surface area contributed by atoms with Gasteiger partial charge in [0.05, 0.1) is 31.9 Å². The summed E-state index contributed by atoms with van der Waals surface area (Å²) in [6, 6.07) is 17.4. The average molecular weight is 521 g/mol. The van der Waals surface area contributed by atoms with E-state index in [1.54, 1.807) is 42.3 Å². The van der Waals surface area contributed by atoms with E-state index in [1.165, 1.54) is 0 Å². The number of ether oxygens (including phenoxy) is 2. The summed E-state index contributed by atoms with van der Waals surface area (Å²) in [6.07, 6.45) is 0.703. The van der Waals surface area contributed by atoms with Crippen LogP contribution in [0, 0.1) is 0 Å². The van der Waals surface area contributed by atoms with Crippen molar-refractivity contribution in [2.45, 2.75) is 12.5 Å². The van der Waals surface area contributed by atoms with Crippen molar-refractivity contribution in [2.24, 2.45) is 0 Å². The molecule has 192 valence electrons. The number of aliphatic hydroxyl groups excluding tert-OH is 1. The van der Waals surface area contributed by atoms with Gasteiger partial charge >= 0.3 is 0 Å². The van der Waals surface area contributed by atoms with Crippen LogP contribution < -0.4 is 4.74 Å². The molecule has 8 heteroatoms. The second kappa shape index (κ2) is 10.9. The highest BCUT2D eigenvalue weighted by Gasteiger charge is 2.45. The molecular weight excluding hydrogens is 492 g/mol. The molecule has 3 aromatic rings. The van der Waals surface area contributed by atoms with E-state index in [0.29, 0.717) is 36.8 Å². The molecule has 1 atom stereocenters. The number of hydrogen-bond acceptors (Lipinski definition) is 6. The summed E-state index contributed by atoms with van der Waals surface area (Å²) in [7, 11) is 1.61. The maximum Gasteiger partial charge on any atom is 0.295 e. The molecule has 1 amide bonds. The zero-order valence-electron chi connectivity index (χ0n) is 20.7. The van der Waals surface area contributed by atoms with Gasteiger partial charge in [0.15, 0.2) is 0 Å². The van der Waals surface area contributed by atoms with Crippen LogP contribution in [0.25, 0.3) is 16.5 Å². The number of aliphatic hydroxyl groups is 1. The first-order chi connectivity index (χ1) is 18.0. The van der Waals surface area contributed by atoms with Crippen molar-refractivity contribution in [3.63, 3.8) is 0 Å². The van der Waals surface area contributed by atoms with E-state index in [4.69, 9.17) is 21.1 Å². The summed E-state index contributed by atoms with van der Waals surface area (Å²) < 4.78 is 10.7. The molecule has 0 spiro atoms. The van der Waals surface area contributed by atoms with E-state index in [1.807, 2.05) is 30.3 Å². The van der Waals surface area contributed by atoms with Crippen LogP contribution >= 0.6 is 11.6 Å². The van der Waals surface area contributed by atoms with Crippen LogP contribution in [0.2, 0.25) is 5.02 Å². The molecule has 2 aliphatic heterocycles. The van der Waals surface area contributed by atoms with Gasteiger partial charge in [0.2, 0.25) is 0 Å². The van der Waals surface area contributed by atoms with E-state index in [9.17, 15) is 14.7 Å². The molecule has 2 saturated heterocycles. The molecule has 1 unspecified atom stereocenters. The first-order valence-corrected chi connectivity index (χ1v) is 12.8. The Labute approximate surface area is 220 Å². The van der Waals surface area contributed by atoms with Gasteiger partial charge in [-0.25, -0.2) is 0 Å². The van der Waals surface area contributed by atoms with Crippen molar-refractivity contribution in [1.82, 2.24) is 9.80 Å². The summed E-state index contributed by atoms with van der Waals surface area (Å²) >= 11 is 6.12. The molecule has 0 saturated carbocycles. The number of halogens is 1.